The van der Waals surface area contributed by atoms with E-state index in [1.807, 2.05) is 0 Å². The van der Waals surface area contributed by atoms with Gasteiger partial charge in [0.15, 0.2) is 0 Å². The van der Waals surface area contributed by atoms with Gasteiger partial charge in [-0.25, -0.2) is 0 Å². The van der Waals surface area contributed by atoms with Gasteiger partial charge in [-0.15, -0.1) is 0 Å². The van der Waals surface area contributed by atoms with Crippen molar-refractivity contribution in [1.82, 2.24) is 4.90 Å². The zero-order chi connectivity index (χ0) is 15.0. The van der Waals surface area contributed by atoms with E-state index in [9.17, 15) is 4.79 Å². The minimum atomic E-state index is 0.382. The lowest BCUT2D eigenvalue weighted by Crippen LogP contribution is -2.35. The molecule has 0 N–H and O–H groups in total. The summed E-state index contributed by atoms with van der Waals surface area (Å²) in [5.41, 5.74) is 1.58. The third-order valence-electron chi connectivity index (χ3n) is 5.81. The quantitative estimate of drug-likeness (QED) is 0.669. The predicted octanol–water partition coefficient (Wildman–Crippen LogP) is 4.26. The van der Waals surface area contributed by atoms with Gasteiger partial charge in [-0.05, 0) is 69.1 Å². The SMILES string of the molecule is CCCN(C[C@H]1CC1C1CCC(C)=CC1C)C(=O)C1CC1. The average molecular weight is 289 g/mol. The fourth-order valence-corrected chi connectivity index (χ4v) is 4.36. The molecule has 2 saturated carbocycles. The Labute approximate surface area is 130 Å². The largest absolute Gasteiger partial charge is 0.342 e. The van der Waals surface area contributed by atoms with Crippen molar-refractivity contribution in [3.63, 3.8) is 0 Å². The van der Waals surface area contributed by atoms with Crippen LogP contribution in [0.25, 0.3) is 0 Å². The molecule has 0 aliphatic heterocycles. The molecule has 118 valence electrons. The van der Waals surface area contributed by atoms with E-state index in [1.165, 1.54) is 19.3 Å². The number of rotatable bonds is 6. The normalized spacial score (nSPS) is 35.3. The Balaban J connectivity index is 1.53. The molecule has 0 bridgehead atoms. The summed E-state index contributed by atoms with van der Waals surface area (Å²) in [6.07, 6.45) is 9.88. The summed E-state index contributed by atoms with van der Waals surface area (Å²) in [5, 5.41) is 0. The molecule has 0 aromatic carbocycles. The van der Waals surface area contributed by atoms with Gasteiger partial charge >= 0.3 is 0 Å². The van der Waals surface area contributed by atoms with Crippen molar-refractivity contribution < 1.29 is 4.79 Å². The molecular weight excluding hydrogens is 258 g/mol. The highest BCUT2D eigenvalue weighted by Gasteiger charge is 2.46. The third kappa shape index (κ3) is 3.52. The molecule has 2 nitrogen and oxygen atoms in total. The molecule has 2 fully saturated rings. The Bertz CT molecular complexity index is 423. The summed E-state index contributed by atoms with van der Waals surface area (Å²) in [4.78, 5) is 14.6. The summed E-state index contributed by atoms with van der Waals surface area (Å²) in [6.45, 7) is 8.86. The van der Waals surface area contributed by atoms with Gasteiger partial charge in [0.05, 0.1) is 0 Å². The fourth-order valence-electron chi connectivity index (χ4n) is 4.36. The van der Waals surface area contributed by atoms with Crippen LogP contribution in [0.4, 0.5) is 0 Å². The first-order chi connectivity index (χ1) is 10.1. The van der Waals surface area contributed by atoms with Gasteiger partial charge in [0, 0.05) is 19.0 Å². The van der Waals surface area contributed by atoms with Gasteiger partial charge in [0.2, 0.25) is 5.91 Å². The number of hydrogen-bond donors (Lipinski definition) is 0. The predicted molar refractivity (Wildman–Crippen MR) is 86.8 cm³/mol. The molecule has 21 heavy (non-hydrogen) atoms. The number of allylic oxidation sites excluding steroid dienone is 2. The molecule has 3 rings (SSSR count). The van der Waals surface area contributed by atoms with E-state index < -0.39 is 0 Å². The number of amides is 1. The lowest BCUT2D eigenvalue weighted by Gasteiger charge is -2.28. The monoisotopic (exact) mass is 289 g/mol. The second-order valence-electron chi connectivity index (χ2n) is 7.79. The molecule has 4 atom stereocenters. The second kappa shape index (κ2) is 6.14. The topological polar surface area (TPSA) is 20.3 Å². The number of hydrogen-bond acceptors (Lipinski definition) is 1. The molecule has 1 amide bonds. The molecule has 0 radical (unpaired) electrons. The van der Waals surface area contributed by atoms with Crippen LogP contribution < -0.4 is 0 Å². The maximum absolute atomic E-state index is 12.4. The van der Waals surface area contributed by atoms with Crippen molar-refractivity contribution in [3.8, 4) is 0 Å². The van der Waals surface area contributed by atoms with Crippen LogP contribution in [0.2, 0.25) is 0 Å². The summed E-state index contributed by atoms with van der Waals surface area (Å²) >= 11 is 0. The van der Waals surface area contributed by atoms with Crippen LogP contribution in [0.1, 0.15) is 59.3 Å². The van der Waals surface area contributed by atoms with Crippen molar-refractivity contribution in [3.05, 3.63) is 11.6 Å². The Kier molecular flexibility index (Phi) is 4.42. The van der Waals surface area contributed by atoms with Crippen LogP contribution in [-0.4, -0.2) is 23.9 Å². The van der Waals surface area contributed by atoms with Crippen LogP contribution in [-0.2, 0) is 4.79 Å². The molecule has 3 aliphatic rings. The Morgan fingerprint density at radius 2 is 2.05 bits per heavy atom. The van der Waals surface area contributed by atoms with Gasteiger partial charge in [-0.3, -0.25) is 4.79 Å². The summed E-state index contributed by atoms with van der Waals surface area (Å²) in [7, 11) is 0. The van der Waals surface area contributed by atoms with E-state index in [4.69, 9.17) is 0 Å². The summed E-state index contributed by atoms with van der Waals surface area (Å²) < 4.78 is 0. The smallest absolute Gasteiger partial charge is 0.225 e. The first kappa shape index (κ1) is 15.1. The van der Waals surface area contributed by atoms with E-state index in [-0.39, 0.29) is 0 Å². The van der Waals surface area contributed by atoms with Crippen LogP contribution in [0.5, 0.6) is 0 Å². The molecule has 2 heteroatoms. The number of carbonyl (C=O) groups is 1. The van der Waals surface area contributed by atoms with Crippen LogP contribution in [0.15, 0.2) is 11.6 Å². The zero-order valence-electron chi connectivity index (χ0n) is 14.0. The highest BCUT2D eigenvalue weighted by molar-refractivity contribution is 5.81. The lowest BCUT2D eigenvalue weighted by molar-refractivity contribution is -0.132. The Morgan fingerprint density at radius 1 is 1.29 bits per heavy atom. The molecule has 0 aromatic heterocycles. The zero-order valence-corrected chi connectivity index (χ0v) is 14.0. The van der Waals surface area contributed by atoms with E-state index >= 15 is 0 Å². The highest BCUT2D eigenvalue weighted by Crippen LogP contribution is 2.51. The number of carbonyl (C=O) groups excluding carboxylic acids is 1. The van der Waals surface area contributed by atoms with Gasteiger partial charge in [-0.1, -0.05) is 25.5 Å². The molecular formula is C19H31NO. The van der Waals surface area contributed by atoms with Crippen molar-refractivity contribution >= 4 is 5.91 Å². The van der Waals surface area contributed by atoms with Gasteiger partial charge in [0.1, 0.15) is 0 Å². The Morgan fingerprint density at radius 3 is 2.67 bits per heavy atom. The molecule has 0 aromatic rings. The van der Waals surface area contributed by atoms with E-state index in [1.54, 1.807) is 5.57 Å². The highest BCUT2D eigenvalue weighted by atomic mass is 16.2. The molecule has 3 unspecified atom stereocenters. The van der Waals surface area contributed by atoms with Crippen molar-refractivity contribution in [2.24, 2.45) is 29.6 Å². The maximum Gasteiger partial charge on any atom is 0.225 e. The maximum atomic E-state index is 12.4. The van der Waals surface area contributed by atoms with Crippen molar-refractivity contribution in [1.29, 1.82) is 0 Å². The standard InChI is InChI=1S/C19H31NO/c1-4-9-20(19(21)15-6-7-15)12-16-11-18(16)17-8-5-13(2)10-14(17)3/h10,14-18H,4-9,11-12H2,1-3H3/t14?,16-,17?,18?/m1/s1. The first-order valence-corrected chi connectivity index (χ1v) is 9.06. The fraction of sp³-hybridized carbons (Fsp3) is 0.842. The minimum absolute atomic E-state index is 0.382. The summed E-state index contributed by atoms with van der Waals surface area (Å²) in [6, 6.07) is 0. The third-order valence-corrected chi connectivity index (χ3v) is 5.81. The molecule has 0 spiro atoms. The van der Waals surface area contributed by atoms with E-state index in [2.05, 4.69) is 31.7 Å². The second-order valence-corrected chi connectivity index (χ2v) is 7.79. The Hall–Kier alpha value is -0.790. The van der Waals surface area contributed by atoms with E-state index in [0.29, 0.717) is 11.8 Å². The van der Waals surface area contributed by atoms with Crippen LogP contribution in [0.3, 0.4) is 0 Å². The minimum Gasteiger partial charge on any atom is -0.342 e. The average Bonchev–Trinajstić information content (AvgIpc) is 3.32. The van der Waals surface area contributed by atoms with Gasteiger partial charge in [0.25, 0.3) is 0 Å². The molecule has 3 aliphatic carbocycles. The van der Waals surface area contributed by atoms with Gasteiger partial charge in [-0.2, -0.15) is 0 Å². The van der Waals surface area contributed by atoms with Crippen molar-refractivity contribution in [2.75, 3.05) is 13.1 Å². The van der Waals surface area contributed by atoms with Crippen molar-refractivity contribution in [2.45, 2.75) is 59.3 Å². The van der Waals surface area contributed by atoms with E-state index in [0.717, 1.165) is 56.0 Å². The first-order valence-electron chi connectivity index (χ1n) is 9.06. The van der Waals surface area contributed by atoms with Crippen LogP contribution >= 0.6 is 0 Å². The summed E-state index contributed by atoms with van der Waals surface area (Å²) in [5.74, 6) is 4.13. The molecule has 0 heterocycles. The lowest BCUT2D eigenvalue weighted by atomic mass is 9.78. The molecule has 0 saturated heterocycles. The van der Waals surface area contributed by atoms with Gasteiger partial charge < -0.3 is 4.90 Å². The van der Waals surface area contributed by atoms with Crippen LogP contribution in [0, 0.1) is 29.6 Å². The number of nitrogens with zero attached hydrogens (tertiary/aromatic N) is 1.